The number of aromatic nitrogens is 4. The minimum Gasteiger partial charge on any atom is -0.338 e. The highest BCUT2D eigenvalue weighted by molar-refractivity contribution is 6.00. The first-order valence-electron chi connectivity index (χ1n) is 15.9. The van der Waals surface area contributed by atoms with Crippen LogP contribution >= 0.6 is 0 Å². The van der Waals surface area contributed by atoms with Gasteiger partial charge in [-0.05, 0) is 94.2 Å². The molecule has 0 saturated heterocycles. The van der Waals surface area contributed by atoms with Gasteiger partial charge in [-0.1, -0.05) is 38.1 Å². The van der Waals surface area contributed by atoms with Crippen LogP contribution < -0.4 is 4.90 Å². The van der Waals surface area contributed by atoms with Gasteiger partial charge < -0.3 is 9.42 Å². The van der Waals surface area contributed by atoms with Crippen molar-refractivity contribution >= 4 is 11.6 Å². The number of amides is 1. The quantitative estimate of drug-likeness (QED) is 0.301. The van der Waals surface area contributed by atoms with Crippen LogP contribution in [0.25, 0.3) is 11.4 Å². The number of alkyl halides is 1. The summed E-state index contributed by atoms with van der Waals surface area (Å²) < 4.78 is 22.4. The molecule has 10 rings (SSSR count). The van der Waals surface area contributed by atoms with Crippen LogP contribution in [0.4, 0.5) is 10.1 Å². The molecular weight excluding hydrogens is 529 g/mol. The molecule has 7 fully saturated rings. The van der Waals surface area contributed by atoms with Gasteiger partial charge >= 0.3 is 0 Å². The van der Waals surface area contributed by atoms with Gasteiger partial charge in [-0.15, -0.1) is 0 Å². The van der Waals surface area contributed by atoms with Gasteiger partial charge in [0.25, 0.3) is 0 Å². The van der Waals surface area contributed by atoms with E-state index in [1.807, 2.05) is 49.9 Å². The van der Waals surface area contributed by atoms with Gasteiger partial charge in [-0.2, -0.15) is 10.1 Å². The Morgan fingerprint density at radius 3 is 2.36 bits per heavy atom. The number of aryl methyl sites for hydroxylation is 1. The molecule has 0 radical (unpaired) electrons. The molecule has 2 heterocycles. The average molecular weight is 572 g/mol. The highest BCUT2D eigenvalue weighted by Crippen LogP contribution is 2.70. The molecule has 7 nitrogen and oxygen atoms in total. The normalized spacial score (nSPS) is 33.3. The summed E-state index contributed by atoms with van der Waals surface area (Å²) >= 11 is 0. The van der Waals surface area contributed by atoms with Crippen LogP contribution in [0.15, 0.2) is 34.9 Å². The lowest BCUT2D eigenvalue weighted by atomic mass is 9.41. The molecule has 7 aliphatic rings. The lowest BCUT2D eigenvalue weighted by molar-refractivity contribution is -0.211. The van der Waals surface area contributed by atoms with E-state index in [1.165, 1.54) is 24.2 Å². The maximum absolute atomic E-state index is 14.6. The fraction of sp³-hybridized carbons (Fsp3) is 0.647. The molecule has 1 amide bonds. The summed E-state index contributed by atoms with van der Waals surface area (Å²) in [6.07, 6.45) is 10.3. The third kappa shape index (κ3) is 4.03. The van der Waals surface area contributed by atoms with Crippen molar-refractivity contribution in [3.05, 3.63) is 47.6 Å². The second-order valence-electron chi connectivity index (χ2n) is 15.7. The monoisotopic (exact) mass is 571 g/mol. The SMILES string of the molecule is Cn1nc(C2CC2)cc1C12CCC(CN(C(=O)C34CC(F)(C3)C4)c3cccc(-c4noc(C(C)(C)C)n4)c3)(CC1)CC2. The number of hydrogen-bond donors (Lipinski definition) is 0. The molecule has 0 aliphatic heterocycles. The number of fused-ring (bicyclic) bond motifs is 3. The lowest BCUT2D eigenvalue weighted by Crippen LogP contribution is -2.71. The lowest BCUT2D eigenvalue weighted by Gasteiger charge is -2.65. The summed E-state index contributed by atoms with van der Waals surface area (Å²) in [5.74, 6) is 1.88. The second-order valence-corrected chi connectivity index (χ2v) is 15.7. The average Bonchev–Trinajstić information content (AvgIpc) is 3.51. The summed E-state index contributed by atoms with van der Waals surface area (Å²) in [6.45, 7) is 6.83. The van der Waals surface area contributed by atoms with E-state index in [-0.39, 0.29) is 22.2 Å². The molecule has 0 unspecified atom stereocenters. The summed E-state index contributed by atoms with van der Waals surface area (Å²) in [4.78, 5) is 20.9. The molecular formula is C34H42FN5O2. The van der Waals surface area contributed by atoms with Crippen LogP contribution in [0.3, 0.4) is 0 Å². The molecule has 1 aromatic carbocycles. The van der Waals surface area contributed by atoms with Gasteiger partial charge in [0.05, 0.1) is 11.1 Å². The van der Waals surface area contributed by atoms with Crippen molar-refractivity contribution in [2.45, 2.75) is 114 Å². The van der Waals surface area contributed by atoms with E-state index in [0.29, 0.717) is 43.4 Å². The van der Waals surface area contributed by atoms with Gasteiger partial charge in [0.15, 0.2) is 0 Å². The minimum atomic E-state index is -1.12. The van der Waals surface area contributed by atoms with Crippen molar-refractivity contribution in [2.75, 3.05) is 11.4 Å². The number of rotatable bonds is 7. The van der Waals surface area contributed by atoms with E-state index in [0.717, 1.165) is 49.8 Å². The number of halogens is 1. The fourth-order valence-corrected chi connectivity index (χ4v) is 8.70. The topological polar surface area (TPSA) is 77.0 Å². The first-order chi connectivity index (χ1) is 19.9. The third-order valence-corrected chi connectivity index (χ3v) is 11.5. The van der Waals surface area contributed by atoms with E-state index in [4.69, 9.17) is 9.62 Å². The fourth-order valence-electron chi connectivity index (χ4n) is 8.70. The summed E-state index contributed by atoms with van der Waals surface area (Å²) in [6, 6.07) is 10.4. The predicted octanol–water partition coefficient (Wildman–Crippen LogP) is 7.16. The number of carbonyl (C=O) groups is 1. The molecule has 7 aliphatic carbocycles. The molecule has 222 valence electrons. The molecule has 4 bridgehead atoms. The van der Waals surface area contributed by atoms with Crippen molar-refractivity contribution in [3.63, 3.8) is 0 Å². The summed E-state index contributed by atoms with van der Waals surface area (Å²) in [5, 5.41) is 9.16. The maximum atomic E-state index is 14.6. The van der Waals surface area contributed by atoms with E-state index >= 15 is 0 Å². The molecule has 0 N–H and O–H groups in total. The number of hydrogen-bond acceptors (Lipinski definition) is 5. The van der Waals surface area contributed by atoms with E-state index in [9.17, 15) is 9.18 Å². The first kappa shape index (κ1) is 26.6. The van der Waals surface area contributed by atoms with E-state index < -0.39 is 11.1 Å². The standard InChI is InChI=1S/C34H42FN5O2/c1-30(2,3)28-36-27(38-42-28)23-6-5-7-24(16-23)40(29(41)33-18-34(35,19-33)20-33)21-31-10-13-32(14-11-31,15-12-31)26-17-25(22-8-9-22)37-39(26)4/h5-7,16-17,22H,8-15,18-21H2,1-4H3. The van der Waals surface area contributed by atoms with Gasteiger partial charge in [0, 0.05) is 47.3 Å². The maximum Gasteiger partial charge on any atom is 0.233 e. The zero-order chi connectivity index (χ0) is 29.1. The van der Waals surface area contributed by atoms with Crippen LogP contribution in [0.1, 0.15) is 115 Å². The molecule has 3 aromatic rings. The molecule has 0 spiro atoms. The Bertz CT molecular complexity index is 1530. The van der Waals surface area contributed by atoms with Crippen LogP contribution in [0.5, 0.6) is 0 Å². The molecule has 2 aromatic heterocycles. The van der Waals surface area contributed by atoms with Gasteiger partial charge in [-0.25, -0.2) is 4.39 Å². The predicted molar refractivity (Wildman–Crippen MR) is 158 cm³/mol. The number of benzene rings is 1. The van der Waals surface area contributed by atoms with E-state index in [1.54, 1.807) is 0 Å². The Kier molecular flexibility index (Phi) is 5.40. The third-order valence-electron chi connectivity index (χ3n) is 11.5. The van der Waals surface area contributed by atoms with Crippen molar-refractivity contribution < 1.29 is 13.7 Å². The zero-order valence-electron chi connectivity index (χ0n) is 25.4. The number of anilines is 1. The Morgan fingerprint density at radius 2 is 1.76 bits per heavy atom. The zero-order valence-corrected chi connectivity index (χ0v) is 25.4. The second kappa shape index (κ2) is 8.54. The van der Waals surface area contributed by atoms with Gasteiger partial charge in [-0.3, -0.25) is 9.48 Å². The Hall–Kier alpha value is -3.03. The highest BCUT2D eigenvalue weighted by Gasteiger charge is 2.73. The van der Waals surface area contributed by atoms with Crippen molar-refractivity contribution in [2.24, 2.45) is 17.9 Å². The minimum absolute atomic E-state index is 0.0772. The summed E-state index contributed by atoms with van der Waals surface area (Å²) in [7, 11) is 2.12. The summed E-state index contributed by atoms with van der Waals surface area (Å²) in [5.41, 5.74) is 2.75. The molecule has 8 heteroatoms. The number of carbonyl (C=O) groups excluding carboxylic acids is 1. The van der Waals surface area contributed by atoms with Crippen molar-refractivity contribution in [1.29, 1.82) is 0 Å². The largest absolute Gasteiger partial charge is 0.338 e. The van der Waals surface area contributed by atoms with Gasteiger partial charge in [0.2, 0.25) is 17.6 Å². The van der Waals surface area contributed by atoms with Crippen LogP contribution in [-0.2, 0) is 22.7 Å². The molecule has 7 saturated carbocycles. The first-order valence-corrected chi connectivity index (χ1v) is 15.9. The number of nitrogens with zero attached hydrogens (tertiary/aromatic N) is 5. The Balaban J connectivity index is 1.08. The van der Waals surface area contributed by atoms with Crippen molar-refractivity contribution in [3.8, 4) is 11.4 Å². The molecule has 0 atom stereocenters. The van der Waals surface area contributed by atoms with Gasteiger partial charge in [0.1, 0.15) is 5.67 Å². The Labute approximate surface area is 247 Å². The highest BCUT2D eigenvalue weighted by atomic mass is 19.1. The van der Waals surface area contributed by atoms with Crippen molar-refractivity contribution in [1.82, 2.24) is 19.9 Å². The van der Waals surface area contributed by atoms with Crippen LogP contribution in [0.2, 0.25) is 0 Å². The smallest absolute Gasteiger partial charge is 0.233 e. The Morgan fingerprint density at radius 1 is 1.07 bits per heavy atom. The molecule has 42 heavy (non-hydrogen) atoms. The van der Waals surface area contributed by atoms with Crippen LogP contribution in [-0.4, -0.2) is 38.0 Å². The van der Waals surface area contributed by atoms with E-state index in [2.05, 4.69) is 27.9 Å². The van der Waals surface area contributed by atoms with Crippen LogP contribution in [0, 0.1) is 10.8 Å².